The summed E-state index contributed by atoms with van der Waals surface area (Å²) in [6.45, 7) is 10.2. The smallest absolute Gasteiger partial charge is 0.222 e. The topological polar surface area (TPSA) is 32.3 Å². The fraction of sp³-hybridized carbons (Fsp3) is 0.308. The van der Waals surface area contributed by atoms with Gasteiger partial charge in [-0.3, -0.25) is 4.79 Å². The van der Waals surface area contributed by atoms with E-state index < -0.39 is 0 Å². The lowest BCUT2D eigenvalue weighted by Crippen LogP contribution is -2.33. The molecule has 0 bridgehead atoms. The number of anilines is 1. The fourth-order valence-electron chi connectivity index (χ4n) is 1.60. The van der Waals surface area contributed by atoms with E-state index in [9.17, 15) is 4.79 Å². The van der Waals surface area contributed by atoms with Crippen LogP contribution in [-0.4, -0.2) is 12.5 Å². The Bertz CT molecular complexity index is 399. The van der Waals surface area contributed by atoms with Gasteiger partial charge in [-0.1, -0.05) is 18.7 Å². The highest BCUT2D eigenvalue weighted by atomic mass is 16.1. The first-order valence-electron chi connectivity index (χ1n) is 5.35. The number of hydrogen-bond acceptors (Lipinski definition) is 2. The highest BCUT2D eigenvalue weighted by Gasteiger charge is 2.08. The summed E-state index contributed by atoms with van der Waals surface area (Å²) < 4.78 is 0. The molecule has 1 aromatic rings. The quantitative estimate of drug-likeness (QED) is 0.841. The van der Waals surface area contributed by atoms with Gasteiger partial charge in [-0.05, 0) is 31.5 Å². The average Bonchev–Trinajstić information content (AvgIpc) is 2.17. The van der Waals surface area contributed by atoms with Crippen molar-refractivity contribution in [3.05, 3.63) is 42.2 Å². The first kappa shape index (κ1) is 12.3. The van der Waals surface area contributed by atoms with Gasteiger partial charge < -0.3 is 10.2 Å². The first-order chi connectivity index (χ1) is 7.54. The molecule has 1 amide bonds. The average molecular weight is 218 g/mol. The van der Waals surface area contributed by atoms with Crippen molar-refractivity contribution in [2.45, 2.75) is 20.8 Å². The van der Waals surface area contributed by atoms with E-state index in [-0.39, 0.29) is 5.91 Å². The minimum Gasteiger partial charge on any atom is -0.329 e. The summed E-state index contributed by atoms with van der Waals surface area (Å²) in [6, 6.07) is 8.10. The molecule has 0 heterocycles. The lowest BCUT2D eigenvalue weighted by molar-refractivity contribution is -0.118. The number of nitrogens with one attached hydrogen (secondary N) is 1. The van der Waals surface area contributed by atoms with Crippen molar-refractivity contribution in [3.8, 4) is 0 Å². The predicted octanol–water partition coefficient (Wildman–Crippen LogP) is 2.43. The van der Waals surface area contributed by atoms with Crippen LogP contribution in [-0.2, 0) is 4.79 Å². The Morgan fingerprint density at radius 3 is 2.69 bits per heavy atom. The molecule has 0 saturated heterocycles. The SMILES string of the molecule is C=C(NC(C)=O)N(CC)c1cccc(C)c1. The number of rotatable bonds is 4. The maximum absolute atomic E-state index is 11.0. The van der Waals surface area contributed by atoms with E-state index in [2.05, 4.69) is 18.0 Å². The summed E-state index contributed by atoms with van der Waals surface area (Å²) in [5.74, 6) is 0.511. The van der Waals surface area contributed by atoms with E-state index in [1.807, 2.05) is 36.9 Å². The summed E-state index contributed by atoms with van der Waals surface area (Å²) in [6.07, 6.45) is 0. The largest absolute Gasteiger partial charge is 0.329 e. The van der Waals surface area contributed by atoms with Gasteiger partial charge in [0, 0.05) is 19.2 Å². The number of benzene rings is 1. The second kappa shape index (κ2) is 5.35. The molecule has 3 nitrogen and oxygen atoms in total. The minimum atomic E-state index is -0.101. The second-order valence-corrected chi connectivity index (χ2v) is 3.71. The molecule has 0 fully saturated rings. The third kappa shape index (κ3) is 3.12. The molecule has 0 aliphatic carbocycles. The van der Waals surface area contributed by atoms with Crippen LogP contribution in [0, 0.1) is 6.92 Å². The van der Waals surface area contributed by atoms with Gasteiger partial charge in [-0.15, -0.1) is 0 Å². The molecule has 0 aliphatic heterocycles. The van der Waals surface area contributed by atoms with Gasteiger partial charge in [0.2, 0.25) is 5.91 Å². The Labute approximate surface area is 96.8 Å². The highest BCUT2D eigenvalue weighted by Crippen LogP contribution is 2.18. The lowest BCUT2D eigenvalue weighted by atomic mass is 10.2. The molecule has 86 valence electrons. The van der Waals surface area contributed by atoms with Gasteiger partial charge >= 0.3 is 0 Å². The Morgan fingerprint density at radius 2 is 2.19 bits per heavy atom. The molecule has 0 radical (unpaired) electrons. The molecule has 0 aliphatic rings. The number of aryl methyl sites for hydroxylation is 1. The van der Waals surface area contributed by atoms with Crippen molar-refractivity contribution in [3.63, 3.8) is 0 Å². The Kier molecular flexibility index (Phi) is 4.11. The number of hydrogen-bond donors (Lipinski definition) is 1. The summed E-state index contributed by atoms with van der Waals surface area (Å²) in [5.41, 5.74) is 2.23. The molecule has 1 N–H and O–H groups in total. The molecule has 16 heavy (non-hydrogen) atoms. The van der Waals surface area contributed by atoms with E-state index in [1.165, 1.54) is 12.5 Å². The standard InChI is InChI=1S/C13H18N2O/c1-5-15(11(3)14-12(4)16)13-8-6-7-10(2)9-13/h6-9H,3,5H2,1-2,4H3,(H,14,16). The summed E-state index contributed by atoms with van der Waals surface area (Å²) in [7, 11) is 0. The lowest BCUT2D eigenvalue weighted by Gasteiger charge is -2.25. The van der Waals surface area contributed by atoms with E-state index in [0.717, 1.165) is 12.2 Å². The zero-order chi connectivity index (χ0) is 12.1. The molecule has 0 aromatic heterocycles. The summed E-state index contributed by atoms with van der Waals surface area (Å²) in [4.78, 5) is 12.9. The van der Waals surface area contributed by atoms with E-state index in [1.54, 1.807) is 0 Å². The molecule has 3 heteroatoms. The first-order valence-corrected chi connectivity index (χ1v) is 5.35. The number of nitrogens with zero attached hydrogens (tertiary/aromatic N) is 1. The van der Waals surface area contributed by atoms with Crippen LogP contribution in [0.25, 0.3) is 0 Å². The number of carbonyl (C=O) groups is 1. The fourth-order valence-corrected chi connectivity index (χ4v) is 1.60. The van der Waals surface area contributed by atoms with E-state index in [4.69, 9.17) is 0 Å². The zero-order valence-electron chi connectivity index (χ0n) is 10.1. The predicted molar refractivity (Wildman–Crippen MR) is 67.2 cm³/mol. The minimum absolute atomic E-state index is 0.101. The number of amides is 1. The monoisotopic (exact) mass is 218 g/mol. The molecular formula is C13H18N2O. The van der Waals surface area contributed by atoms with Crippen LogP contribution in [0.2, 0.25) is 0 Å². The Morgan fingerprint density at radius 1 is 1.50 bits per heavy atom. The Balaban J connectivity index is 2.89. The van der Waals surface area contributed by atoms with Gasteiger partial charge in [0.25, 0.3) is 0 Å². The van der Waals surface area contributed by atoms with Crippen LogP contribution in [0.15, 0.2) is 36.7 Å². The van der Waals surface area contributed by atoms with Gasteiger partial charge in [-0.25, -0.2) is 0 Å². The van der Waals surface area contributed by atoms with Crippen molar-refractivity contribution >= 4 is 11.6 Å². The van der Waals surface area contributed by atoms with Crippen LogP contribution >= 0.6 is 0 Å². The van der Waals surface area contributed by atoms with Gasteiger partial charge in [0.1, 0.15) is 5.82 Å². The van der Waals surface area contributed by atoms with Gasteiger partial charge in [0.15, 0.2) is 0 Å². The van der Waals surface area contributed by atoms with Crippen molar-refractivity contribution < 1.29 is 4.79 Å². The highest BCUT2D eigenvalue weighted by molar-refractivity contribution is 5.76. The molecule has 1 rings (SSSR count). The third-order valence-corrected chi connectivity index (χ3v) is 2.28. The zero-order valence-corrected chi connectivity index (χ0v) is 10.1. The normalized spacial score (nSPS) is 9.69. The summed E-state index contributed by atoms with van der Waals surface area (Å²) in [5, 5.41) is 2.70. The molecule has 1 aromatic carbocycles. The van der Waals surface area contributed by atoms with Gasteiger partial charge in [0.05, 0.1) is 0 Å². The van der Waals surface area contributed by atoms with E-state index in [0.29, 0.717) is 5.82 Å². The molecule has 0 atom stereocenters. The molecule has 0 saturated carbocycles. The second-order valence-electron chi connectivity index (χ2n) is 3.71. The van der Waals surface area contributed by atoms with Crippen LogP contribution in [0.4, 0.5) is 5.69 Å². The maximum atomic E-state index is 11.0. The van der Waals surface area contributed by atoms with Crippen LogP contribution < -0.4 is 10.2 Å². The van der Waals surface area contributed by atoms with Crippen LogP contribution in [0.1, 0.15) is 19.4 Å². The maximum Gasteiger partial charge on any atom is 0.222 e. The molecular weight excluding hydrogens is 200 g/mol. The molecule has 0 unspecified atom stereocenters. The van der Waals surface area contributed by atoms with Crippen LogP contribution in [0.3, 0.4) is 0 Å². The van der Waals surface area contributed by atoms with Crippen molar-refractivity contribution in [1.82, 2.24) is 5.32 Å². The van der Waals surface area contributed by atoms with Crippen LogP contribution in [0.5, 0.6) is 0 Å². The Hall–Kier alpha value is -1.77. The van der Waals surface area contributed by atoms with Crippen molar-refractivity contribution in [1.29, 1.82) is 0 Å². The summed E-state index contributed by atoms with van der Waals surface area (Å²) >= 11 is 0. The van der Waals surface area contributed by atoms with E-state index >= 15 is 0 Å². The van der Waals surface area contributed by atoms with Gasteiger partial charge in [-0.2, -0.15) is 0 Å². The molecule has 0 spiro atoms. The van der Waals surface area contributed by atoms with Crippen molar-refractivity contribution in [2.24, 2.45) is 0 Å². The van der Waals surface area contributed by atoms with Crippen molar-refractivity contribution in [2.75, 3.05) is 11.4 Å². The number of carbonyl (C=O) groups excluding carboxylic acids is 1. The third-order valence-electron chi connectivity index (χ3n) is 2.28.